The molecule has 1 atom stereocenters. The fourth-order valence-electron chi connectivity index (χ4n) is 2.41. The fraction of sp³-hybridized carbons (Fsp3) is 0.167. The van der Waals surface area contributed by atoms with Gasteiger partial charge in [0, 0.05) is 18.1 Å². The number of aryl methyl sites for hydroxylation is 1. The smallest absolute Gasteiger partial charge is 0.320 e. The van der Waals surface area contributed by atoms with Gasteiger partial charge in [0.25, 0.3) is 0 Å². The van der Waals surface area contributed by atoms with Crippen molar-refractivity contribution in [2.75, 3.05) is 0 Å². The number of aromatic nitrogens is 2. The van der Waals surface area contributed by atoms with Crippen LogP contribution in [0.15, 0.2) is 48.8 Å². The molecule has 3 rings (SSSR count). The van der Waals surface area contributed by atoms with Crippen molar-refractivity contribution in [3.63, 3.8) is 0 Å². The molecule has 8 heteroatoms. The van der Waals surface area contributed by atoms with Crippen molar-refractivity contribution in [1.29, 1.82) is 0 Å². The first-order chi connectivity index (χ1) is 11.5. The quantitative estimate of drug-likeness (QED) is 0.685. The van der Waals surface area contributed by atoms with Gasteiger partial charge >= 0.3 is 5.97 Å². The minimum absolute atomic E-state index is 0. The van der Waals surface area contributed by atoms with E-state index < -0.39 is 12.0 Å². The second kappa shape index (κ2) is 9.33. The second-order valence-electron chi connectivity index (χ2n) is 5.56. The summed E-state index contributed by atoms with van der Waals surface area (Å²) in [6.07, 6.45) is 3.72. The number of carboxylic acid groups (broad SMARTS) is 1. The second-order valence-corrected chi connectivity index (χ2v) is 5.56. The lowest BCUT2D eigenvalue weighted by Crippen LogP contribution is -2.32. The van der Waals surface area contributed by atoms with Gasteiger partial charge in [0.05, 0.1) is 5.39 Å². The largest absolute Gasteiger partial charge is 0.480 e. The minimum atomic E-state index is -1.02. The van der Waals surface area contributed by atoms with Crippen LogP contribution in [0.5, 0.6) is 11.6 Å². The lowest BCUT2D eigenvalue weighted by molar-refractivity contribution is -0.138. The van der Waals surface area contributed by atoms with E-state index >= 15 is 0 Å². The molecule has 1 aromatic carbocycles. The number of ether oxygens (including phenoxy) is 1. The van der Waals surface area contributed by atoms with Crippen LogP contribution in [-0.4, -0.2) is 27.1 Å². The standard InChI is InChI=1S/C18H17N3O3.2ClH/c1-11-8-13-6-7-20-10-15(13)17(21-11)24-14-4-2-12(3-5-14)9-16(19)18(22)23;;/h2-8,10,16H,9,19H2,1H3,(H,22,23);2*1H/t16-;;/m0../s1. The molecule has 0 saturated heterocycles. The molecule has 0 aliphatic heterocycles. The predicted molar refractivity (Wildman–Crippen MR) is 105 cm³/mol. The maximum absolute atomic E-state index is 10.8. The van der Waals surface area contributed by atoms with E-state index in [0.717, 1.165) is 22.0 Å². The molecule has 26 heavy (non-hydrogen) atoms. The maximum Gasteiger partial charge on any atom is 0.320 e. The van der Waals surface area contributed by atoms with Crippen LogP contribution in [0.2, 0.25) is 0 Å². The van der Waals surface area contributed by atoms with Gasteiger partial charge < -0.3 is 15.6 Å². The Morgan fingerprint density at radius 1 is 1.23 bits per heavy atom. The lowest BCUT2D eigenvalue weighted by Gasteiger charge is -2.10. The van der Waals surface area contributed by atoms with E-state index in [0.29, 0.717) is 11.6 Å². The topological polar surface area (TPSA) is 98.3 Å². The summed E-state index contributed by atoms with van der Waals surface area (Å²) in [5, 5.41) is 10.7. The Labute approximate surface area is 163 Å². The van der Waals surface area contributed by atoms with E-state index in [1.165, 1.54) is 0 Å². The van der Waals surface area contributed by atoms with E-state index in [1.807, 2.05) is 19.1 Å². The molecule has 6 nitrogen and oxygen atoms in total. The van der Waals surface area contributed by atoms with E-state index in [2.05, 4.69) is 9.97 Å². The van der Waals surface area contributed by atoms with Gasteiger partial charge in [-0.3, -0.25) is 9.78 Å². The molecular formula is C18H19Cl2N3O3. The highest BCUT2D eigenvalue weighted by Crippen LogP contribution is 2.28. The molecule has 3 N–H and O–H groups in total. The van der Waals surface area contributed by atoms with Crippen molar-refractivity contribution >= 4 is 41.6 Å². The van der Waals surface area contributed by atoms with Crippen molar-refractivity contribution < 1.29 is 14.6 Å². The summed E-state index contributed by atoms with van der Waals surface area (Å²) >= 11 is 0. The third-order valence-electron chi connectivity index (χ3n) is 3.64. The van der Waals surface area contributed by atoms with Crippen LogP contribution in [0.4, 0.5) is 0 Å². The Kier molecular flexibility index (Phi) is 7.76. The number of aliphatic carboxylic acids is 1. The Balaban J connectivity index is 0.00000169. The van der Waals surface area contributed by atoms with Crippen LogP contribution in [0.1, 0.15) is 11.3 Å². The van der Waals surface area contributed by atoms with Gasteiger partial charge in [-0.05, 0) is 48.6 Å². The maximum atomic E-state index is 10.8. The van der Waals surface area contributed by atoms with Gasteiger partial charge in [-0.15, -0.1) is 24.8 Å². The Hall–Kier alpha value is -2.41. The first-order valence-corrected chi connectivity index (χ1v) is 7.49. The van der Waals surface area contributed by atoms with Crippen LogP contribution in [0, 0.1) is 6.92 Å². The van der Waals surface area contributed by atoms with Crippen LogP contribution < -0.4 is 10.5 Å². The van der Waals surface area contributed by atoms with E-state index in [1.54, 1.807) is 36.7 Å². The van der Waals surface area contributed by atoms with E-state index in [9.17, 15) is 4.79 Å². The van der Waals surface area contributed by atoms with Crippen molar-refractivity contribution in [1.82, 2.24) is 9.97 Å². The minimum Gasteiger partial charge on any atom is -0.480 e. The predicted octanol–water partition coefficient (Wildman–Crippen LogP) is 3.53. The zero-order chi connectivity index (χ0) is 17.1. The Bertz CT molecular complexity index is 888. The van der Waals surface area contributed by atoms with Gasteiger partial charge in [-0.2, -0.15) is 0 Å². The number of nitrogens with zero attached hydrogens (tertiary/aromatic N) is 2. The summed E-state index contributed by atoms with van der Waals surface area (Å²) in [6.45, 7) is 1.91. The van der Waals surface area contributed by atoms with Crippen molar-refractivity contribution in [2.24, 2.45) is 5.73 Å². The van der Waals surface area contributed by atoms with Crippen LogP contribution in [0.25, 0.3) is 10.8 Å². The molecule has 2 heterocycles. The average molecular weight is 396 g/mol. The Morgan fingerprint density at radius 2 is 1.92 bits per heavy atom. The van der Waals surface area contributed by atoms with Crippen molar-refractivity contribution in [3.05, 3.63) is 60.0 Å². The summed E-state index contributed by atoms with van der Waals surface area (Å²) in [5.41, 5.74) is 7.23. The monoisotopic (exact) mass is 395 g/mol. The van der Waals surface area contributed by atoms with Crippen LogP contribution in [-0.2, 0) is 11.2 Å². The van der Waals surface area contributed by atoms with Gasteiger partial charge in [0.2, 0.25) is 5.88 Å². The number of halogens is 2. The number of carbonyl (C=O) groups is 1. The fourth-order valence-corrected chi connectivity index (χ4v) is 2.41. The summed E-state index contributed by atoms with van der Waals surface area (Å²) in [4.78, 5) is 19.4. The van der Waals surface area contributed by atoms with Gasteiger partial charge in [0.15, 0.2) is 0 Å². The molecule has 0 aliphatic carbocycles. The number of carboxylic acids is 1. The number of rotatable bonds is 5. The SMILES string of the molecule is Cc1cc2ccncc2c(Oc2ccc(C[C@H](N)C(=O)O)cc2)n1.Cl.Cl. The van der Waals surface area contributed by atoms with E-state index in [-0.39, 0.29) is 31.2 Å². The Morgan fingerprint density at radius 3 is 2.58 bits per heavy atom. The van der Waals surface area contributed by atoms with Crippen LogP contribution in [0.3, 0.4) is 0 Å². The molecule has 0 spiro atoms. The number of benzene rings is 1. The molecule has 0 aliphatic rings. The summed E-state index contributed by atoms with van der Waals surface area (Å²) in [5.74, 6) is 0.0947. The number of hydrogen-bond acceptors (Lipinski definition) is 5. The molecule has 138 valence electrons. The third kappa shape index (κ3) is 5.05. The molecule has 2 aromatic heterocycles. The van der Waals surface area contributed by atoms with Gasteiger partial charge in [0.1, 0.15) is 11.8 Å². The summed E-state index contributed by atoms with van der Waals surface area (Å²) in [7, 11) is 0. The molecular weight excluding hydrogens is 377 g/mol. The number of nitrogens with two attached hydrogens (primary N) is 1. The number of pyridine rings is 2. The van der Waals surface area contributed by atoms with Gasteiger partial charge in [-0.25, -0.2) is 4.98 Å². The zero-order valence-electron chi connectivity index (χ0n) is 14.0. The first kappa shape index (κ1) is 21.6. The molecule has 0 amide bonds. The van der Waals surface area contributed by atoms with Crippen molar-refractivity contribution in [2.45, 2.75) is 19.4 Å². The zero-order valence-corrected chi connectivity index (χ0v) is 15.6. The number of hydrogen-bond donors (Lipinski definition) is 2. The highest BCUT2D eigenvalue weighted by atomic mass is 35.5. The molecule has 0 saturated carbocycles. The highest BCUT2D eigenvalue weighted by Gasteiger charge is 2.12. The van der Waals surface area contributed by atoms with Gasteiger partial charge in [-0.1, -0.05) is 12.1 Å². The molecule has 0 bridgehead atoms. The molecule has 3 aromatic rings. The van der Waals surface area contributed by atoms with Crippen LogP contribution >= 0.6 is 24.8 Å². The molecule has 0 radical (unpaired) electrons. The lowest BCUT2D eigenvalue weighted by atomic mass is 10.1. The molecule has 0 unspecified atom stereocenters. The highest BCUT2D eigenvalue weighted by molar-refractivity contribution is 5.86. The summed E-state index contributed by atoms with van der Waals surface area (Å²) < 4.78 is 5.88. The number of fused-ring (bicyclic) bond motifs is 1. The van der Waals surface area contributed by atoms with E-state index in [4.69, 9.17) is 15.6 Å². The molecule has 0 fully saturated rings. The first-order valence-electron chi connectivity index (χ1n) is 7.49. The average Bonchev–Trinajstić information content (AvgIpc) is 2.56. The summed E-state index contributed by atoms with van der Waals surface area (Å²) in [6, 6.07) is 10.1. The normalized spacial score (nSPS) is 11.2. The third-order valence-corrected chi connectivity index (χ3v) is 3.64. The van der Waals surface area contributed by atoms with Crippen molar-refractivity contribution in [3.8, 4) is 11.6 Å².